The highest BCUT2D eigenvalue weighted by Crippen LogP contribution is 2.27. The van der Waals surface area contributed by atoms with E-state index in [4.69, 9.17) is 9.98 Å². The maximum absolute atomic E-state index is 4.86. The van der Waals surface area contributed by atoms with Crippen LogP contribution in [0.5, 0.6) is 0 Å². The summed E-state index contributed by atoms with van der Waals surface area (Å²) in [5, 5.41) is 5.70. The van der Waals surface area contributed by atoms with Gasteiger partial charge in [-0.1, -0.05) is 0 Å². The summed E-state index contributed by atoms with van der Waals surface area (Å²) in [6.45, 7) is 8.56. The Hall–Kier alpha value is -1.47. The van der Waals surface area contributed by atoms with E-state index in [1.54, 1.807) is 11.3 Å². The Kier molecular flexibility index (Phi) is 6.06. The normalized spacial score (nSPS) is 14.5. The molecule has 1 aliphatic carbocycles. The summed E-state index contributed by atoms with van der Waals surface area (Å²) in [5.41, 5.74) is 2.43. The number of nitrogens with one attached hydrogen (secondary N) is 1. The predicted molar refractivity (Wildman–Crippen MR) is 107 cm³/mol. The predicted octanol–water partition coefficient (Wildman–Crippen LogP) is 3.69. The minimum absolute atomic E-state index is 0.679. The van der Waals surface area contributed by atoms with Crippen molar-refractivity contribution in [2.24, 2.45) is 4.99 Å². The summed E-state index contributed by atoms with van der Waals surface area (Å²) < 4.78 is 0. The van der Waals surface area contributed by atoms with Crippen molar-refractivity contribution < 1.29 is 0 Å². The molecule has 0 aromatic carbocycles. The van der Waals surface area contributed by atoms with Crippen LogP contribution < -0.4 is 5.32 Å². The van der Waals surface area contributed by atoms with Gasteiger partial charge in [0, 0.05) is 23.3 Å². The lowest BCUT2D eigenvalue weighted by Gasteiger charge is -2.20. The number of rotatable bonds is 5. The fourth-order valence-electron chi connectivity index (χ4n) is 3.09. The zero-order valence-corrected chi connectivity index (χ0v) is 17.2. The number of hydrogen-bond donors (Lipinski definition) is 1. The Labute approximate surface area is 158 Å². The van der Waals surface area contributed by atoms with Crippen molar-refractivity contribution in [2.45, 2.75) is 59.5 Å². The van der Waals surface area contributed by atoms with Crippen LogP contribution in [0.25, 0.3) is 0 Å². The van der Waals surface area contributed by atoms with Crippen LogP contribution in [0.1, 0.15) is 50.9 Å². The molecule has 0 unspecified atom stereocenters. The number of thiazole rings is 2. The Morgan fingerprint density at radius 2 is 2.00 bits per heavy atom. The molecule has 136 valence electrons. The van der Waals surface area contributed by atoms with E-state index >= 15 is 0 Å². The van der Waals surface area contributed by atoms with Gasteiger partial charge in [-0.05, 0) is 46.5 Å². The average Bonchev–Trinajstić information content (AvgIpc) is 3.13. The molecule has 0 saturated carbocycles. The zero-order chi connectivity index (χ0) is 17.8. The molecule has 0 fully saturated rings. The first-order valence-corrected chi connectivity index (χ1v) is 10.6. The number of aromatic nitrogens is 2. The van der Waals surface area contributed by atoms with Crippen molar-refractivity contribution in [3.63, 3.8) is 0 Å². The molecule has 0 bridgehead atoms. The molecule has 2 aromatic heterocycles. The third-order valence-electron chi connectivity index (χ3n) is 4.33. The number of fused-ring (bicyclic) bond motifs is 1. The lowest BCUT2D eigenvalue weighted by molar-refractivity contribution is 0.474. The van der Waals surface area contributed by atoms with E-state index in [0.29, 0.717) is 6.54 Å². The molecular weight excluding hydrogens is 350 g/mol. The Bertz CT molecular complexity index is 723. The van der Waals surface area contributed by atoms with Crippen molar-refractivity contribution in [2.75, 3.05) is 13.6 Å². The number of aryl methyl sites for hydroxylation is 4. The molecule has 0 saturated heterocycles. The highest BCUT2D eigenvalue weighted by Gasteiger charge is 2.17. The third-order valence-corrected chi connectivity index (χ3v) is 6.53. The van der Waals surface area contributed by atoms with E-state index in [9.17, 15) is 0 Å². The van der Waals surface area contributed by atoms with Gasteiger partial charge in [-0.3, -0.25) is 0 Å². The molecule has 7 heteroatoms. The smallest absolute Gasteiger partial charge is 0.194 e. The standard InChI is InChI=1S/C18H27N5S2/c1-5-19-18(20-10-16-12(2)21-13(3)24-16)23(4)11-17-22-14-8-6-7-9-15(14)25-17/h5-11H2,1-4H3,(H,19,20). The fourth-order valence-corrected chi connectivity index (χ4v) is 5.16. The molecule has 5 nitrogen and oxygen atoms in total. The van der Waals surface area contributed by atoms with E-state index in [0.717, 1.165) is 36.2 Å². The lowest BCUT2D eigenvalue weighted by atomic mass is 10.0. The van der Waals surface area contributed by atoms with Crippen molar-refractivity contribution in [1.82, 2.24) is 20.2 Å². The maximum atomic E-state index is 4.86. The first-order chi connectivity index (χ1) is 12.1. The minimum Gasteiger partial charge on any atom is -0.357 e. The van der Waals surface area contributed by atoms with Gasteiger partial charge in [0.2, 0.25) is 0 Å². The van der Waals surface area contributed by atoms with Gasteiger partial charge in [-0.2, -0.15) is 0 Å². The van der Waals surface area contributed by atoms with Crippen LogP contribution in [0, 0.1) is 13.8 Å². The highest BCUT2D eigenvalue weighted by atomic mass is 32.1. The number of nitrogens with zero attached hydrogens (tertiary/aromatic N) is 4. The van der Waals surface area contributed by atoms with Crippen LogP contribution in [0.4, 0.5) is 0 Å². The summed E-state index contributed by atoms with van der Waals surface area (Å²) in [4.78, 5) is 19.1. The van der Waals surface area contributed by atoms with Crippen molar-refractivity contribution in [3.05, 3.63) is 31.2 Å². The number of aliphatic imine (C=N–C) groups is 1. The van der Waals surface area contributed by atoms with Gasteiger partial charge >= 0.3 is 0 Å². The van der Waals surface area contributed by atoms with E-state index < -0.39 is 0 Å². The van der Waals surface area contributed by atoms with Crippen LogP contribution in [-0.2, 0) is 25.9 Å². The zero-order valence-electron chi connectivity index (χ0n) is 15.6. The van der Waals surface area contributed by atoms with Gasteiger partial charge in [0.1, 0.15) is 5.01 Å². The molecule has 0 aliphatic heterocycles. The summed E-state index contributed by atoms with van der Waals surface area (Å²) in [6.07, 6.45) is 4.94. The van der Waals surface area contributed by atoms with Gasteiger partial charge in [0.15, 0.2) is 5.96 Å². The largest absolute Gasteiger partial charge is 0.357 e. The van der Waals surface area contributed by atoms with Gasteiger partial charge < -0.3 is 10.2 Å². The van der Waals surface area contributed by atoms with Crippen LogP contribution in [0.3, 0.4) is 0 Å². The monoisotopic (exact) mass is 377 g/mol. The molecule has 0 radical (unpaired) electrons. The topological polar surface area (TPSA) is 53.4 Å². The Balaban J connectivity index is 1.69. The molecular formula is C18H27N5S2. The Morgan fingerprint density at radius 3 is 2.68 bits per heavy atom. The molecule has 2 aromatic rings. The van der Waals surface area contributed by atoms with Crippen molar-refractivity contribution in [3.8, 4) is 0 Å². The Morgan fingerprint density at radius 1 is 1.20 bits per heavy atom. The summed E-state index contributed by atoms with van der Waals surface area (Å²) in [5.74, 6) is 0.932. The molecule has 0 spiro atoms. The van der Waals surface area contributed by atoms with Crippen molar-refractivity contribution >= 4 is 28.6 Å². The van der Waals surface area contributed by atoms with E-state index in [1.165, 1.54) is 39.7 Å². The molecule has 0 atom stereocenters. The maximum Gasteiger partial charge on any atom is 0.194 e. The molecule has 2 heterocycles. The van der Waals surface area contributed by atoms with E-state index in [-0.39, 0.29) is 0 Å². The van der Waals surface area contributed by atoms with Crippen molar-refractivity contribution in [1.29, 1.82) is 0 Å². The van der Waals surface area contributed by atoms with Gasteiger partial charge in [-0.25, -0.2) is 15.0 Å². The van der Waals surface area contributed by atoms with Gasteiger partial charge in [-0.15, -0.1) is 22.7 Å². The van der Waals surface area contributed by atoms with E-state index in [1.807, 2.05) is 18.3 Å². The molecule has 0 amide bonds. The summed E-state index contributed by atoms with van der Waals surface area (Å²) in [6, 6.07) is 0. The summed E-state index contributed by atoms with van der Waals surface area (Å²) in [7, 11) is 2.09. The SMILES string of the molecule is CCNC(=NCc1sc(C)nc1C)N(C)Cc1nc2c(s1)CCCC2. The third kappa shape index (κ3) is 4.58. The molecule has 1 aliphatic rings. The van der Waals surface area contributed by atoms with Gasteiger partial charge in [0.05, 0.1) is 29.5 Å². The second-order valence-corrected chi connectivity index (χ2v) is 8.91. The lowest BCUT2D eigenvalue weighted by Crippen LogP contribution is -2.38. The van der Waals surface area contributed by atoms with Gasteiger partial charge in [0.25, 0.3) is 0 Å². The molecule has 3 rings (SSSR count). The summed E-state index contributed by atoms with van der Waals surface area (Å²) >= 11 is 3.61. The first-order valence-electron chi connectivity index (χ1n) is 8.96. The van der Waals surface area contributed by atoms with Crippen LogP contribution in [0.2, 0.25) is 0 Å². The second-order valence-electron chi connectivity index (χ2n) is 6.45. The quantitative estimate of drug-likeness (QED) is 0.638. The van der Waals surface area contributed by atoms with E-state index in [2.05, 4.69) is 36.1 Å². The minimum atomic E-state index is 0.679. The van der Waals surface area contributed by atoms with Crippen LogP contribution in [0.15, 0.2) is 4.99 Å². The number of hydrogen-bond acceptors (Lipinski definition) is 5. The second kappa shape index (κ2) is 8.27. The first kappa shape index (κ1) is 18.3. The number of guanidine groups is 1. The van der Waals surface area contributed by atoms with Crippen LogP contribution >= 0.6 is 22.7 Å². The average molecular weight is 378 g/mol. The van der Waals surface area contributed by atoms with Crippen LogP contribution in [-0.4, -0.2) is 34.4 Å². The fraction of sp³-hybridized carbons (Fsp3) is 0.611. The molecule has 1 N–H and O–H groups in total. The molecule has 25 heavy (non-hydrogen) atoms. The highest BCUT2D eigenvalue weighted by molar-refractivity contribution is 7.12.